The summed E-state index contributed by atoms with van der Waals surface area (Å²) in [4.78, 5) is 3.56. The summed E-state index contributed by atoms with van der Waals surface area (Å²) in [5.74, 6) is -0.0145. The first-order valence-corrected chi connectivity index (χ1v) is 7.16. The van der Waals surface area contributed by atoms with Crippen LogP contribution in [0.4, 0.5) is 24.7 Å². The molecule has 2 aromatic rings. The van der Waals surface area contributed by atoms with E-state index in [0.717, 1.165) is 9.64 Å². The molecule has 0 aliphatic rings. The summed E-state index contributed by atoms with van der Waals surface area (Å²) in [6, 6.07) is 9.19. The average Bonchev–Trinajstić information content (AvgIpc) is 2.37. The van der Waals surface area contributed by atoms with E-state index in [1.54, 1.807) is 18.2 Å². The van der Waals surface area contributed by atoms with E-state index in [0.29, 0.717) is 5.69 Å². The molecule has 0 amide bonds. The summed E-state index contributed by atoms with van der Waals surface area (Å²) >= 11 is 6.94. The fourth-order valence-electron chi connectivity index (χ4n) is 1.61. The molecule has 8 heteroatoms. The van der Waals surface area contributed by atoms with Crippen LogP contribution in [-0.2, 0) is 6.18 Å². The Kier molecular flexibility index (Phi) is 4.67. The second-order valence-electron chi connectivity index (χ2n) is 4.09. The molecular weight excluding hydrogens is 414 g/mol. The van der Waals surface area contributed by atoms with Gasteiger partial charge in [0.15, 0.2) is 0 Å². The van der Waals surface area contributed by atoms with Crippen molar-refractivity contribution in [2.24, 2.45) is 5.73 Å². The van der Waals surface area contributed by atoms with Gasteiger partial charge in [-0.05, 0) is 52.9 Å². The van der Waals surface area contributed by atoms with Crippen LogP contribution in [0.3, 0.4) is 0 Å². The molecule has 1 aromatic heterocycles. The molecule has 0 atom stereocenters. The Balaban J connectivity index is 2.46. The number of anilines is 2. The van der Waals surface area contributed by atoms with Crippen LogP contribution < -0.4 is 11.1 Å². The van der Waals surface area contributed by atoms with Crippen molar-refractivity contribution >= 4 is 51.3 Å². The number of nitrogens with two attached hydrogens (primary N) is 1. The highest BCUT2D eigenvalue weighted by Crippen LogP contribution is 2.30. The largest absolute Gasteiger partial charge is 0.433 e. The summed E-state index contributed by atoms with van der Waals surface area (Å²) in [6.07, 6.45) is -4.53. The third-order valence-corrected chi connectivity index (χ3v) is 3.43. The van der Waals surface area contributed by atoms with E-state index in [2.05, 4.69) is 32.9 Å². The average molecular weight is 423 g/mol. The zero-order valence-corrected chi connectivity index (χ0v) is 13.4. The lowest BCUT2D eigenvalue weighted by Gasteiger charge is -2.13. The quantitative estimate of drug-likeness (QED) is 0.577. The van der Waals surface area contributed by atoms with Crippen LogP contribution in [0.1, 0.15) is 11.3 Å². The van der Waals surface area contributed by atoms with Gasteiger partial charge in [0.05, 0.1) is 5.56 Å². The normalized spacial score (nSPS) is 11.2. The van der Waals surface area contributed by atoms with Crippen LogP contribution in [0, 0.1) is 3.57 Å². The van der Waals surface area contributed by atoms with Crippen LogP contribution in [0.15, 0.2) is 36.4 Å². The lowest BCUT2D eigenvalue weighted by atomic mass is 10.2. The van der Waals surface area contributed by atoms with E-state index in [-0.39, 0.29) is 16.4 Å². The molecule has 0 fully saturated rings. The predicted octanol–water partition coefficient (Wildman–Crippen LogP) is 4.08. The molecule has 3 nitrogen and oxygen atoms in total. The van der Waals surface area contributed by atoms with Crippen LogP contribution in [0.5, 0.6) is 0 Å². The fraction of sp³-hybridized carbons (Fsp3) is 0.0769. The SMILES string of the molecule is NC(=S)c1ccc(C(F)(F)F)nc1Nc1cccc(I)c1. The molecule has 21 heavy (non-hydrogen) atoms. The van der Waals surface area contributed by atoms with Gasteiger partial charge in [0.1, 0.15) is 16.5 Å². The molecule has 1 heterocycles. The number of pyridine rings is 1. The highest BCUT2D eigenvalue weighted by molar-refractivity contribution is 14.1. The van der Waals surface area contributed by atoms with E-state index in [1.807, 2.05) is 6.07 Å². The number of alkyl halides is 3. The Hall–Kier alpha value is -1.42. The molecule has 110 valence electrons. The maximum atomic E-state index is 12.7. The molecule has 0 saturated carbocycles. The van der Waals surface area contributed by atoms with Crippen molar-refractivity contribution in [1.82, 2.24) is 4.98 Å². The standard InChI is InChI=1S/C13H9F3IN3S/c14-13(15,16)10-5-4-9(11(18)21)12(20-10)19-8-3-1-2-7(17)6-8/h1-6H,(H2,18,21)(H,19,20). The molecule has 0 aliphatic carbocycles. The molecular formula is C13H9F3IN3S. The van der Waals surface area contributed by atoms with E-state index in [9.17, 15) is 13.2 Å². The Morgan fingerprint density at radius 2 is 1.95 bits per heavy atom. The van der Waals surface area contributed by atoms with Gasteiger partial charge in [-0.25, -0.2) is 4.98 Å². The number of hydrogen-bond acceptors (Lipinski definition) is 3. The van der Waals surface area contributed by atoms with Gasteiger partial charge in [-0.2, -0.15) is 13.2 Å². The second kappa shape index (κ2) is 6.14. The van der Waals surface area contributed by atoms with Gasteiger partial charge >= 0.3 is 6.18 Å². The van der Waals surface area contributed by atoms with E-state index >= 15 is 0 Å². The molecule has 0 radical (unpaired) electrons. The first-order chi connectivity index (χ1) is 9.77. The molecule has 1 aromatic carbocycles. The summed E-state index contributed by atoms with van der Waals surface area (Å²) < 4.78 is 39.2. The Morgan fingerprint density at radius 1 is 1.24 bits per heavy atom. The van der Waals surface area contributed by atoms with E-state index in [1.165, 1.54) is 6.07 Å². The van der Waals surface area contributed by atoms with Gasteiger partial charge in [-0.15, -0.1) is 0 Å². The topological polar surface area (TPSA) is 50.9 Å². The maximum Gasteiger partial charge on any atom is 0.433 e. The van der Waals surface area contributed by atoms with E-state index in [4.69, 9.17) is 18.0 Å². The van der Waals surface area contributed by atoms with Crippen molar-refractivity contribution in [2.45, 2.75) is 6.18 Å². The summed E-state index contributed by atoms with van der Waals surface area (Å²) in [5.41, 5.74) is 5.39. The van der Waals surface area contributed by atoms with Gasteiger partial charge in [-0.3, -0.25) is 0 Å². The number of aromatic nitrogens is 1. The zero-order valence-electron chi connectivity index (χ0n) is 10.4. The van der Waals surface area contributed by atoms with Crippen LogP contribution >= 0.6 is 34.8 Å². The number of rotatable bonds is 3. The summed E-state index contributed by atoms with van der Waals surface area (Å²) in [7, 11) is 0. The van der Waals surface area contributed by atoms with Crippen molar-refractivity contribution < 1.29 is 13.2 Å². The highest BCUT2D eigenvalue weighted by Gasteiger charge is 2.33. The Morgan fingerprint density at radius 3 is 2.52 bits per heavy atom. The summed E-state index contributed by atoms with van der Waals surface area (Å²) in [6.45, 7) is 0. The first-order valence-electron chi connectivity index (χ1n) is 5.68. The number of hydrogen-bond donors (Lipinski definition) is 2. The molecule has 0 saturated heterocycles. The fourth-order valence-corrected chi connectivity index (χ4v) is 2.32. The van der Waals surface area contributed by atoms with Crippen LogP contribution in [0.2, 0.25) is 0 Å². The Bertz CT molecular complexity index is 689. The van der Waals surface area contributed by atoms with Gasteiger partial charge in [0.2, 0.25) is 0 Å². The maximum absolute atomic E-state index is 12.7. The lowest BCUT2D eigenvalue weighted by Crippen LogP contribution is -2.16. The predicted molar refractivity (Wildman–Crippen MR) is 87.6 cm³/mol. The third kappa shape index (κ3) is 4.03. The van der Waals surface area contributed by atoms with Crippen LogP contribution in [0.25, 0.3) is 0 Å². The molecule has 0 spiro atoms. The van der Waals surface area contributed by atoms with Crippen molar-refractivity contribution in [2.75, 3.05) is 5.32 Å². The minimum Gasteiger partial charge on any atom is -0.389 e. The monoisotopic (exact) mass is 423 g/mol. The highest BCUT2D eigenvalue weighted by atomic mass is 127. The van der Waals surface area contributed by atoms with Gasteiger partial charge in [-0.1, -0.05) is 18.3 Å². The molecule has 0 aliphatic heterocycles. The Labute approximate surface area is 137 Å². The van der Waals surface area contributed by atoms with E-state index < -0.39 is 11.9 Å². The first kappa shape index (κ1) is 16.0. The van der Waals surface area contributed by atoms with Crippen molar-refractivity contribution in [3.05, 3.63) is 51.2 Å². The molecule has 3 N–H and O–H groups in total. The number of nitrogens with one attached hydrogen (secondary N) is 1. The number of thiocarbonyl (C=S) groups is 1. The number of halogens is 4. The van der Waals surface area contributed by atoms with Gasteiger partial charge < -0.3 is 11.1 Å². The van der Waals surface area contributed by atoms with Crippen molar-refractivity contribution in [3.63, 3.8) is 0 Å². The van der Waals surface area contributed by atoms with Gasteiger partial charge in [0.25, 0.3) is 0 Å². The number of benzene rings is 1. The third-order valence-electron chi connectivity index (χ3n) is 2.54. The lowest BCUT2D eigenvalue weighted by molar-refractivity contribution is -0.141. The van der Waals surface area contributed by atoms with Crippen molar-refractivity contribution in [3.8, 4) is 0 Å². The molecule has 0 unspecified atom stereocenters. The molecule has 2 rings (SSSR count). The van der Waals surface area contributed by atoms with Gasteiger partial charge in [0, 0.05) is 9.26 Å². The smallest absolute Gasteiger partial charge is 0.389 e. The second-order valence-corrected chi connectivity index (χ2v) is 5.78. The zero-order chi connectivity index (χ0) is 15.6. The number of nitrogens with zero attached hydrogens (tertiary/aromatic N) is 1. The van der Waals surface area contributed by atoms with Crippen molar-refractivity contribution in [1.29, 1.82) is 0 Å². The minimum atomic E-state index is -4.53. The minimum absolute atomic E-state index is 0.0145. The molecule has 0 bridgehead atoms. The summed E-state index contributed by atoms with van der Waals surface area (Å²) in [5, 5.41) is 2.82. The van der Waals surface area contributed by atoms with Crippen LogP contribution in [-0.4, -0.2) is 9.97 Å².